The minimum atomic E-state index is -2.10. The van der Waals surface area contributed by atoms with E-state index in [9.17, 15) is 8.78 Å². The summed E-state index contributed by atoms with van der Waals surface area (Å²) in [5.74, 6) is 0.112. The van der Waals surface area contributed by atoms with Crippen LogP contribution in [0.25, 0.3) is 10.9 Å². The second kappa shape index (κ2) is 10.4. The number of pyridine rings is 1. The molecule has 2 N–H and O–H groups in total. The molecule has 188 valence electrons. The van der Waals surface area contributed by atoms with Gasteiger partial charge in [-0.2, -0.15) is 9.97 Å². The smallest absolute Gasteiger partial charge is 0.323 e. The third kappa shape index (κ3) is 5.50. The Labute approximate surface area is 202 Å². The first-order chi connectivity index (χ1) is 16.2. The van der Waals surface area contributed by atoms with E-state index in [1.54, 1.807) is 0 Å². The van der Waals surface area contributed by atoms with Gasteiger partial charge in [0.1, 0.15) is 17.5 Å². The van der Waals surface area contributed by atoms with Crippen LogP contribution >= 0.6 is 11.6 Å². The molecule has 3 aliphatic heterocycles. The summed E-state index contributed by atoms with van der Waals surface area (Å²) in [6.45, 7) is 5.55. The normalized spacial score (nSPS) is 27.5. The highest BCUT2D eigenvalue weighted by Gasteiger charge is 2.44. The Kier molecular flexibility index (Phi) is 7.71. The maximum absolute atomic E-state index is 14.3. The van der Waals surface area contributed by atoms with Gasteiger partial charge < -0.3 is 19.8 Å². The van der Waals surface area contributed by atoms with E-state index in [0.29, 0.717) is 23.7 Å². The lowest BCUT2D eigenvalue weighted by Gasteiger charge is -2.25. The Bertz CT molecular complexity index is 1020. The molecule has 0 aromatic carbocycles. The molecular formula is C23H32ClF2N5O3. The van der Waals surface area contributed by atoms with Crippen molar-refractivity contribution in [2.45, 2.75) is 70.6 Å². The number of fused-ring (bicyclic) bond motifs is 2. The van der Waals surface area contributed by atoms with Crippen molar-refractivity contribution >= 4 is 28.3 Å². The van der Waals surface area contributed by atoms with Crippen LogP contribution in [0.3, 0.4) is 0 Å². The molecule has 0 saturated carbocycles. The number of alkyl halides is 1. The average molecular weight is 500 g/mol. The Balaban J connectivity index is 0.000000226. The van der Waals surface area contributed by atoms with Gasteiger partial charge in [0.05, 0.1) is 5.39 Å². The first-order valence-corrected chi connectivity index (χ1v) is 12.2. The Morgan fingerprint density at radius 1 is 1.21 bits per heavy atom. The van der Waals surface area contributed by atoms with Gasteiger partial charge in [0.25, 0.3) is 0 Å². The van der Waals surface area contributed by atoms with Crippen LogP contribution in [0.4, 0.5) is 14.6 Å². The fourth-order valence-corrected chi connectivity index (χ4v) is 5.47. The van der Waals surface area contributed by atoms with Crippen molar-refractivity contribution in [2.75, 3.05) is 31.1 Å². The van der Waals surface area contributed by atoms with E-state index in [4.69, 9.17) is 26.6 Å². The van der Waals surface area contributed by atoms with Gasteiger partial charge in [-0.3, -0.25) is 4.90 Å². The molecular weight excluding hydrogens is 468 g/mol. The lowest BCUT2D eigenvalue weighted by Crippen LogP contribution is -2.34. The van der Waals surface area contributed by atoms with E-state index in [2.05, 4.69) is 33.7 Å². The van der Waals surface area contributed by atoms with Crippen LogP contribution in [-0.2, 0) is 0 Å². The van der Waals surface area contributed by atoms with E-state index in [0.717, 1.165) is 45.3 Å². The molecule has 5 rings (SSSR count). The van der Waals surface area contributed by atoms with Crippen molar-refractivity contribution in [2.24, 2.45) is 5.92 Å². The zero-order chi connectivity index (χ0) is 24.5. The van der Waals surface area contributed by atoms with Crippen molar-refractivity contribution in [3.8, 4) is 6.01 Å². The van der Waals surface area contributed by atoms with Crippen molar-refractivity contribution in [3.05, 3.63) is 17.2 Å². The average Bonchev–Trinajstić information content (AvgIpc) is 3.15. The second-order valence-corrected chi connectivity index (χ2v) is 10.2. The summed E-state index contributed by atoms with van der Waals surface area (Å²) < 4.78 is 31.9. The van der Waals surface area contributed by atoms with Crippen molar-refractivity contribution in [3.63, 3.8) is 0 Å². The molecule has 34 heavy (non-hydrogen) atoms. The molecule has 3 fully saturated rings. The Morgan fingerprint density at radius 2 is 2.00 bits per heavy atom. The summed E-state index contributed by atoms with van der Waals surface area (Å²) in [6.07, 6.45) is 7.31. The molecule has 2 aromatic rings. The van der Waals surface area contributed by atoms with Crippen LogP contribution in [0, 0.1) is 11.7 Å². The van der Waals surface area contributed by atoms with Crippen molar-refractivity contribution in [1.82, 2.24) is 19.9 Å². The summed E-state index contributed by atoms with van der Waals surface area (Å²) in [5.41, 5.74) is 0.173. The van der Waals surface area contributed by atoms with Crippen LogP contribution < -0.4 is 9.64 Å². The van der Waals surface area contributed by atoms with Crippen LogP contribution in [0.15, 0.2) is 6.20 Å². The van der Waals surface area contributed by atoms with Gasteiger partial charge in [0, 0.05) is 31.4 Å². The molecule has 2 aromatic heterocycles. The number of hydrogen-bond donors (Lipinski definition) is 2. The lowest BCUT2D eigenvalue weighted by atomic mass is 9.97. The van der Waals surface area contributed by atoms with Gasteiger partial charge in [-0.1, -0.05) is 24.9 Å². The molecule has 3 saturated heterocycles. The molecule has 0 spiro atoms. The van der Waals surface area contributed by atoms with Crippen molar-refractivity contribution < 1.29 is 23.7 Å². The summed E-state index contributed by atoms with van der Waals surface area (Å²) in [5, 5.41) is 18.1. The summed E-state index contributed by atoms with van der Waals surface area (Å²) in [4.78, 5) is 16.3. The first kappa shape index (κ1) is 25.2. The zero-order valence-corrected chi connectivity index (χ0v) is 20.3. The largest absolute Gasteiger partial charge is 0.408 e. The fraction of sp³-hybridized carbons (Fsp3) is 0.696. The third-order valence-corrected chi connectivity index (χ3v) is 7.27. The summed E-state index contributed by atoms with van der Waals surface area (Å²) in [6, 6.07) is -0.328. The quantitative estimate of drug-likeness (QED) is 0.488. The van der Waals surface area contributed by atoms with Crippen LogP contribution in [0.5, 0.6) is 6.01 Å². The molecule has 0 bridgehead atoms. The van der Waals surface area contributed by atoms with E-state index in [1.807, 2.05) is 4.90 Å². The summed E-state index contributed by atoms with van der Waals surface area (Å²) in [7, 11) is 0. The topological polar surface area (TPSA) is 94.8 Å². The number of aromatic nitrogens is 3. The number of hydrogen-bond acceptors (Lipinski definition) is 8. The minimum Gasteiger partial charge on any atom is -0.408 e. The fourth-order valence-electron chi connectivity index (χ4n) is 5.34. The predicted molar refractivity (Wildman–Crippen MR) is 125 cm³/mol. The maximum atomic E-state index is 14.3. The number of aliphatic hydroxyl groups is 2. The van der Waals surface area contributed by atoms with Gasteiger partial charge in [-0.05, 0) is 51.5 Å². The predicted octanol–water partition coefficient (Wildman–Crippen LogP) is 3.67. The molecule has 3 atom stereocenters. The third-order valence-electron chi connectivity index (χ3n) is 7.00. The molecule has 11 heteroatoms. The molecule has 8 nitrogen and oxygen atoms in total. The lowest BCUT2D eigenvalue weighted by molar-refractivity contribution is -0.183. The molecule has 0 aliphatic carbocycles. The highest BCUT2D eigenvalue weighted by molar-refractivity contribution is 6.30. The molecule has 3 unspecified atom stereocenters. The van der Waals surface area contributed by atoms with E-state index in [1.165, 1.54) is 19.0 Å². The standard InChI is InChI=1S/C15H18ClFN4O3.C8H14FN/c1-8-4-2-3-5-21(7-8)13-9-6-18-12(16)10(17)11(9)19-14(20-13)24-15(22)23;1-8-3-2-4-10(8)6-7(9)5-8/h6,8,15,22-23H,2-5,7H2,1H3;7H,2-6H2,1H3. The van der Waals surface area contributed by atoms with Crippen LogP contribution in [0.1, 0.15) is 52.4 Å². The van der Waals surface area contributed by atoms with Gasteiger partial charge >= 0.3 is 12.5 Å². The number of halogens is 3. The number of aliphatic hydroxyl groups excluding tert-OH is 1. The van der Waals surface area contributed by atoms with Crippen LogP contribution in [-0.4, -0.2) is 74.4 Å². The summed E-state index contributed by atoms with van der Waals surface area (Å²) >= 11 is 5.73. The highest BCUT2D eigenvalue weighted by Crippen LogP contribution is 2.39. The molecule has 0 amide bonds. The SMILES string of the molecule is CC12CCCN1CC(F)C2.CC1CCCCN(c2nc(OC(O)O)nc3c(F)c(Cl)ncc23)C1. The zero-order valence-electron chi connectivity index (χ0n) is 19.6. The van der Waals surface area contributed by atoms with Gasteiger partial charge in [0.15, 0.2) is 11.0 Å². The second-order valence-electron chi connectivity index (χ2n) is 9.79. The Morgan fingerprint density at radius 3 is 2.74 bits per heavy atom. The van der Waals surface area contributed by atoms with Crippen LogP contribution in [0.2, 0.25) is 5.15 Å². The molecule has 0 radical (unpaired) electrons. The number of rotatable bonds is 3. The van der Waals surface area contributed by atoms with Gasteiger partial charge in [0.2, 0.25) is 0 Å². The van der Waals surface area contributed by atoms with E-state index < -0.39 is 18.5 Å². The number of ether oxygens (including phenoxy) is 1. The highest BCUT2D eigenvalue weighted by atomic mass is 35.5. The van der Waals surface area contributed by atoms with E-state index >= 15 is 0 Å². The maximum Gasteiger partial charge on any atom is 0.323 e. The van der Waals surface area contributed by atoms with Crippen molar-refractivity contribution in [1.29, 1.82) is 0 Å². The number of nitrogens with zero attached hydrogens (tertiary/aromatic N) is 5. The monoisotopic (exact) mass is 499 g/mol. The van der Waals surface area contributed by atoms with Gasteiger partial charge in [-0.25, -0.2) is 13.8 Å². The molecule has 3 aliphatic rings. The Hall–Kier alpha value is -1.88. The molecule has 5 heterocycles. The first-order valence-electron chi connectivity index (χ1n) is 11.8. The number of anilines is 1. The van der Waals surface area contributed by atoms with Gasteiger partial charge in [-0.15, -0.1) is 0 Å². The van der Waals surface area contributed by atoms with E-state index in [-0.39, 0.29) is 22.2 Å². The minimum absolute atomic E-state index is 0.0625.